The first-order valence-corrected chi connectivity index (χ1v) is 25.2. The van der Waals surface area contributed by atoms with E-state index in [0.717, 1.165) is 57.5 Å². The van der Waals surface area contributed by atoms with E-state index in [1.165, 1.54) is 35.3 Å². The van der Waals surface area contributed by atoms with Crippen LogP contribution in [-0.4, -0.2) is 188 Å². The number of nitrogens with one attached hydrogen (secondary N) is 2. The summed E-state index contributed by atoms with van der Waals surface area (Å²) in [5.74, 6) is -0.934. The fourth-order valence-corrected chi connectivity index (χ4v) is 8.75. The Morgan fingerprint density at radius 3 is 1.51 bits per heavy atom. The van der Waals surface area contributed by atoms with Crippen LogP contribution in [0.4, 0.5) is 0 Å². The van der Waals surface area contributed by atoms with Gasteiger partial charge in [-0.1, -0.05) is 13.8 Å². The molecule has 0 aromatic rings. The molecule has 2 unspecified atom stereocenters. The lowest BCUT2D eigenvalue weighted by molar-refractivity contribution is -0.195. The number of hydrogen-bond acceptors (Lipinski definition) is 16. The van der Waals surface area contributed by atoms with Gasteiger partial charge in [0.2, 0.25) is 29.5 Å². The van der Waals surface area contributed by atoms with Crippen molar-refractivity contribution in [2.24, 2.45) is 11.5 Å². The Morgan fingerprint density at radius 2 is 1.08 bits per heavy atom. The lowest BCUT2D eigenvalue weighted by atomic mass is 10.1. The van der Waals surface area contributed by atoms with Crippen molar-refractivity contribution in [3.8, 4) is 0 Å². The van der Waals surface area contributed by atoms with Crippen molar-refractivity contribution in [1.29, 1.82) is 0 Å². The average Bonchev–Trinajstić information content (AvgIpc) is 4.06. The van der Waals surface area contributed by atoms with Crippen molar-refractivity contribution in [3.05, 3.63) is 0 Å². The molecule has 0 spiro atoms. The molecular weight excluding hydrogens is 909 g/mol. The number of thioether (sulfide) groups is 3. The molecule has 2 atom stereocenters. The molecule has 0 radical (unpaired) electrons. The normalized spacial score (nSPS) is 16.6. The number of aliphatic carboxylic acids is 2. The Bertz CT molecular complexity index is 1560. The third kappa shape index (κ3) is 25.4. The summed E-state index contributed by atoms with van der Waals surface area (Å²) >= 11 is 4.20. The summed E-state index contributed by atoms with van der Waals surface area (Å²) in [4.78, 5) is 124. The van der Waals surface area contributed by atoms with E-state index in [1.54, 1.807) is 9.80 Å². The van der Waals surface area contributed by atoms with Crippen LogP contribution in [0.5, 0.6) is 0 Å². The van der Waals surface area contributed by atoms with Gasteiger partial charge in [0, 0.05) is 95.2 Å². The molecule has 8 N–H and O–H groups in total. The fraction of sp³-hybridized carbons (Fsp3) is 0.756. The highest BCUT2D eigenvalue weighted by Crippen LogP contribution is 2.15. The number of carbonyl (C=O) groups excluding carboxylic acids is 8. The first-order chi connectivity index (χ1) is 30.6. The second-order valence-corrected chi connectivity index (χ2v) is 18.5. The van der Waals surface area contributed by atoms with Crippen LogP contribution in [0.2, 0.25) is 0 Å². The Hall–Kier alpha value is -4.13. The smallest absolute Gasteiger partial charge is 0.342 e. The maximum absolute atomic E-state index is 12.1. The van der Waals surface area contributed by atoms with Crippen LogP contribution in [0.1, 0.15) is 97.3 Å². The molecule has 21 nitrogen and oxygen atoms in total. The van der Waals surface area contributed by atoms with Crippen LogP contribution in [0.25, 0.3) is 0 Å². The minimum absolute atomic E-state index is 0. The first kappa shape index (κ1) is 58.9. The van der Waals surface area contributed by atoms with E-state index in [0.29, 0.717) is 100.0 Å². The molecule has 370 valence electrons. The Labute approximate surface area is 394 Å². The lowest BCUT2D eigenvalue weighted by Gasteiger charge is -2.16. The van der Waals surface area contributed by atoms with Crippen molar-refractivity contribution in [3.63, 3.8) is 0 Å². The molecule has 4 rings (SSSR count). The van der Waals surface area contributed by atoms with Crippen molar-refractivity contribution in [2.75, 3.05) is 86.9 Å². The van der Waals surface area contributed by atoms with E-state index in [1.807, 2.05) is 4.90 Å². The van der Waals surface area contributed by atoms with Crippen molar-refractivity contribution < 1.29 is 63.0 Å². The molecule has 7 amide bonds. The highest BCUT2D eigenvalue weighted by atomic mass is 32.2. The first-order valence-electron chi connectivity index (χ1n) is 21.7. The number of hydroxylamine groups is 2. The highest BCUT2D eigenvalue weighted by Gasteiger charge is 2.33. The Kier molecular flexibility index (Phi) is 31.0. The number of nitrogens with two attached hydrogens (primary N) is 2. The number of carbonyl (C=O) groups is 10. The molecular formula is C41H70N8O13S3. The molecule has 65 heavy (non-hydrogen) atoms. The number of rotatable bonds is 28. The van der Waals surface area contributed by atoms with Gasteiger partial charge < -0.3 is 51.9 Å². The van der Waals surface area contributed by atoms with E-state index < -0.39 is 41.8 Å². The quantitative estimate of drug-likeness (QED) is 0.0464. The summed E-state index contributed by atoms with van der Waals surface area (Å²) in [6, 6.07) is -1.67. The number of hydrogen-bond donors (Lipinski definition) is 6. The van der Waals surface area contributed by atoms with Gasteiger partial charge in [-0.05, 0) is 57.9 Å². The maximum atomic E-state index is 12.1. The van der Waals surface area contributed by atoms with E-state index in [-0.39, 0.29) is 61.3 Å². The van der Waals surface area contributed by atoms with Crippen LogP contribution < -0.4 is 22.1 Å². The summed E-state index contributed by atoms with van der Waals surface area (Å²) < 4.78 is 0. The molecule has 0 saturated carbocycles. The predicted octanol–water partition coefficient (Wildman–Crippen LogP) is 0.666. The molecule has 4 saturated heterocycles. The van der Waals surface area contributed by atoms with E-state index in [2.05, 4.69) is 10.6 Å². The van der Waals surface area contributed by atoms with Crippen molar-refractivity contribution in [1.82, 2.24) is 30.4 Å². The molecule has 0 aromatic heterocycles. The molecule has 4 aliphatic heterocycles. The molecule has 0 aromatic carbocycles. The largest absolute Gasteiger partial charge is 0.480 e. The summed E-state index contributed by atoms with van der Waals surface area (Å²) in [7, 11) is 0. The molecule has 4 heterocycles. The van der Waals surface area contributed by atoms with Gasteiger partial charge in [0.05, 0.1) is 17.3 Å². The summed E-state index contributed by atoms with van der Waals surface area (Å²) in [5.41, 5.74) is 10.4. The predicted molar refractivity (Wildman–Crippen MR) is 248 cm³/mol. The molecule has 4 fully saturated rings. The third-order valence-corrected chi connectivity index (χ3v) is 12.9. The van der Waals surface area contributed by atoms with Gasteiger partial charge in [-0.2, -0.15) is 23.5 Å². The molecule has 0 bridgehead atoms. The van der Waals surface area contributed by atoms with Gasteiger partial charge in [0.1, 0.15) is 12.1 Å². The SMILES string of the molecule is C.NCCCCC(N)C(=O)O.O=C(CSCCN1CCCC1=O)NCCCCC(NC(=O)CSCCN1CCCC1=O)C(=O)O.O=C(CSCCN1CCCC1=O)ON1C(=O)CCC1=O. The van der Waals surface area contributed by atoms with E-state index in [4.69, 9.17) is 21.4 Å². The summed E-state index contributed by atoms with van der Waals surface area (Å²) in [5, 5.41) is 23.6. The number of likely N-dealkylation sites (tertiary alicyclic amines) is 3. The van der Waals surface area contributed by atoms with Crippen LogP contribution in [0, 0.1) is 0 Å². The Balaban J connectivity index is 0.000000572. The zero-order chi connectivity index (χ0) is 47.3. The summed E-state index contributed by atoms with van der Waals surface area (Å²) in [6.07, 6.45) is 8.34. The minimum Gasteiger partial charge on any atom is -0.480 e. The second kappa shape index (κ2) is 34.2. The van der Waals surface area contributed by atoms with Gasteiger partial charge in [0.25, 0.3) is 11.8 Å². The zero-order valence-corrected chi connectivity index (χ0v) is 39.0. The fourth-order valence-electron chi connectivity index (χ4n) is 6.49. The lowest BCUT2D eigenvalue weighted by Crippen LogP contribution is -2.41. The van der Waals surface area contributed by atoms with Gasteiger partial charge in [-0.15, -0.1) is 16.8 Å². The number of carboxylic acids is 2. The van der Waals surface area contributed by atoms with Gasteiger partial charge in [0.15, 0.2) is 0 Å². The van der Waals surface area contributed by atoms with E-state index in [9.17, 15) is 53.1 Å². The third-order valence-electron chi connectivity index (χ3n) is 10.1. The van der Waals surface area contributed by atoms with Crippen LogP contribution in [-0.2, 0) is 52.8 Å². The minimum atomic E-state index is -1.07. The summed E-state index contributed by atoms with van der Waals surface area (Å²) in [6.45, 7) is 5.31. The topological polar surface area (TPSA) is 309 Å². The molecule has 0 aliphatic carbocycles. The molecule has 4 aliphatic rings. The van der Waals surface area contributed by atoms with Crippen molar-refractivity contribution >= 4 is 94.5 Å². The van der Waals surface area contributed by atoms with Crippen LogP contribution >= 0.6 is 35.3 Å². The Morgan fingerprint density at radius 1 is 0.615 bits per heavy atom. The van der Waals surface area contributed by atoms with E-state index >= 15 is 0 Å². The van der Waals surface area contributed by atoms with Gasteiger partial charge in [-0.3, -0.25) is 38.4 Å². The number of nitrogens with zero attached hydrogens (tertiary/aromatic N) is 4. The molecule has 24 heteroatoms. The number of unbranched alkanes of at least 4 members (excludes halogenated alkanes) is 2. The standard InChI is InChI=1S/C22H36N4O6S2.C12H16N2O5S.C6H14N2O2.CH4/c27-18(15-33-13-11-25-9-3-6-20(25)29)23-8-2-1-5-17(22(31)32)24-19(28)16-34-14-12-26-10-4-7-21(26)30;15-9-2-1-5-13(9)6-7-20-8-12(18)19-14-10(16)3-4-11(14)17;7-4-2-1-3-5(8)6(9)10;/h17H,1-16H2,(H,23,27)(H,24,28)(H,31,32);1-8H2;5H,1-4,7-8H2,(H,9,10);1H4. The van der Waals surface area contributed by atoms with Gasteiger partial charge in [-0.25, -0.2) is 9.59 Å². The number of amides is 7. The monoisotopic (exact) mass is 978 g/mol. The maximum Gasteiger partial charge on any atom is 0.342 e. The number of carboxylic acid groups (broad SMARTS) is 2. The zero-order valence-electron chi connectivity index (χ0n) is 36.5. The average molecular weight is 979 g/mol. The van der Waals surface area contributed by atoms with Crippen molar-refractivity contribution in [2.45, 2.75) is 109 Å². The highest BCUT2D eigenvalue weighted by molar-refractivity contribution is 8.00. The second-order valence-electron chi connectivity index (χ2n) is 15.2. The van der Waals surface area contributed by atoms with Crippen LogP contribution in [0.15, 0.2) is 0 Å². The van der Waals surface area contributed by atoms with Gasteiger partial charge >= 0.3 is 17.9 Å². The van der Waals surface area contributed by atoms with Crippen LogP contribution in [0.3, 0.4) is 0 Å². The number of imide groups is 1.